The Balaban J connectivity index is 2.49. The molecule has 0 aliphatic rings. The van der Waals surface area contributed by atoms with Crippen LogP contribution in [0.15, 0.2) is 24.3 Å². The van der Waals surface area contributed by atoms with Gasteiger partial charge in [-0.15, -0.1) is 12.3 Å². The van der Waals surface area contributed by atoms with E-state index in [-0.39, 0.29) is 12.5 Å². The van der Waals surface area contributed by atoms with Gasteiger partial charge in [0.1, 0.15) is 0 Å². The molecule has 0 atom stereocenters. The molecule has 0 unspecified atom stereocenters. The van der Waals surface area contributed by atoms with Crippen molar-refractivity contribution in [1.82, 2.24) is 5.32 Å². The van der Waals surface area contributed by atoms with Crippen molar-refractivity contribution >= 4 is 17.7 Å². The van der Waals surface area contributed by atoms with Gasteiger partial charge in [-0.05, 0) is 24.1 Å². The number of carboxylic acids is 1. The number of amides is 2. The summed E-state index contributed by atoms with van der Waals surface area (Å²) in [5.74, 6) is 1.58. The average molecular weight is 260 g/mol. The first-order chi connectivity index (χ1) is 9.11. The van der Waals surface area contributed by atoms with Gasteiger partial charge in [0.15, 0.2) is 0 Å². The van der Waals surface area contributed by atoms with Crippen molar-refractivity contribution in [3.63, 3.8) is 0 Å². The molecule has 0 fully saturated rings. The summed E-state index contributed by atoms with van der Waals surface area (Å²) >= 11 is 0. The normalized spacial score (nSPS) is 9.42. The largest absolute Gasteiger partial charge is 0.481 e. The van der Waals surface area contributed by atoms with Crippen LogP contribution in [-0.2, 0) is 11.2 Å². The molecule has 0 aliphatic carbocycles. The number of aryl methyl sites for hydroxylation is 1. The fraction of sp³-hybridized carbons (Fsp3) is 0.286. The molecule has 19 heavy (non-hydrogen) atoms. The molecule has 5 nitrogen and oxygen atoms in total. The Bertz CT molecular complexity index is 492. The predicted molar refractivity (Wildman–Crippen MR) is 72.9 cm³/mol. The molecule has 1 aromatic rings. The first-order valence-corrected chi connectivity index (χ1v) is 5.91. The molecule has 0 bridgehead atoms. The van der Waals surface area contributed by atoms with Crippen LogP contribution in [0.1, 0.15) is 18.4 Å². The summed E-state index contributed by atoms with van der Waals surface area (Å²) in [6.07, 6.45) is 6.05. The lowest BCUT2D eigenvalue weighted by atomic mass is 10.1. The maximum absolute atomic E-state index is 11.5. The standard InChI is InChI=1S/C14H16N2O3/c1-2-3-9-15-14(19)16-12-6-4-5-11(10-12)7-8-13(17)18/h1,4-6,10H,3,7-9H2,(H,17,18)(H2,15,16,19). The fourth-order valence-electron chi connectivity index (χ4n) is 1.48. The minimum atomic E-state index is -0.842. The first-order valence-electron chi connectivity index (χ1n) is 5.91. The third-order valence-corrected chi connectivity index (χ3v) is 2.37. The van der Waals surface area contributed by atoms with Crippen molar-refractivity contribution in [3.05, 3.63) is 29.8 Å². The minimum Gasteiger partial charge on any atom is -0.481 e. The summed E-state index contributed by atoms with van der Waals surface area (Å²) in [4.78, 5) is 22.0. The molecular weight excluding hydrogens is 244 g/mol. The van der Waals surface area contributed by atoms with E-state index in [9.17, 15) is 9.59 Å². The number of aliphatic carboxylic acids is 1. The second-order valence-corrected chi connectivity index (χ2v) is 3.93. The third-order valence-electron chi connectivity index (χ3n) is 2.37. The Labute approximate surface area is 112 Å². The Morgan fingerprint density at radius 2 is 2.16 bits per heavy atom. The summed E-state index contributed by atoms with van der Waals surface area (Å²) in [6.45, 7) is 0.418. The zero-order chi connectivity index (χ0) is 14.1. The number of nitrogens with one attached hydrogen (secondary N) is 2. The van der Waals surface area contributed by atoms with Crippen LogP contribution in [0.3, 0.4) is 0 Å². The molecule has 0 radical (unpaired) electrons. The van der Waals surface area contributed by atoms with E-state index in [1.54, 1.807) is 18.2 Å². The molecule has 1 aromatic carbocycles. The van der Waals surface area contributed by atoms with E-state index >= 15 is 0 Å². The van der Waals surface area contributed by atoms with Crippen LogP contribution in [-0.4, -0.2) is 23.7 Å². The Kier molecular flexibility index (Phi) is 5.96. The van der Waals surface area contributed by atoms with Gasteiger partial charge in [0.25, 0.3) is 0 Å². The van der Waals surface area contributed by atoms with Gasteiger partial charge < -0.3 is 15.7 Å². The Morgan fingerprint density at radius 1 is 1.37 bits per heavy atom. The van der Waals surface area contributed by atoms with Gasteiger partial charge in [-0.25, -0.2) is 4.79 Å². The molecule has 0 saturated carbocycles. The van der Waals surface area contributed by atoms with Gasteiger partial charge in [-0.2, -0.15) is 0 Å². The summed E-state index contributed by atoms with van der Waals surface area (Å²) in [6, 6.07) is 6.76. The molecule has 0 heterocycles. The van der Waals surface area contributed by atoms with Crippen LogP contribution in [0.5, 0.6) is 0 Å². The smallest absolute Gasteiger partial charge is 0.319 e. The molecule has 0 saturated heterocycles. The van der Waals surface area contributed by atoms with Gasteiger partial charge >= 0.3 is 12.0 Å². The molecule has 1 rings (SSSR count). The average Bonchev–Trinajstić information content (AvgIpc) is 2.37. The van der Waals surface area contributed by atoms with Crippen LogP contribution in [0.4, 0.5) is 10.5 Å². The number of urea groups is 1. The highest BCUT2D eigenvalue weighted by molar-refractivity contribution is 5.89. The van der Waals surface area contributed by atoms with E-state index < -0.39 is 5.97 Å². The van der Waals surface area contributed by atoms with Crippen molar-refractivity contribution in [2.24, 2.45) is 0 Å². The summed E-state index contributed by atoms with van der Waals surface area (Å²) in [5.41, 5.74) is 1.49. The van der Waals surface area contributed by atoms with Crippen molar-refractivity contribution in [3.8, 4) is 12.3 Å². The molecule has 5 heteroatoms. The van der Waals surface area contributed by atoms with Crippen LogP contribution < -0.4 is 10.6 Å². The zero-order valence-corrected chi connectivity index (χ0v) is 10.5. The number of carbonyl (C=O) groups is 2. The van der Waals surface area contributed by atoms with E-state index in [1.165, 1.54) is 0 Å². The maximum Gasteiger partial charge on any atom is 0.319 e. The van der Waals surface area contributed by atoms with Crippen LogP contribution in [0, 0.1) is 12.3 Å². The Hall–Kier alpha value is -2.48. The molecule has 100 valence electrons. The van der Waals surface area contributed by atoms with Crippen LogP contribution in [0.2, 0.25) is 0 Å². The molecule has 0 aromatic heterocycles. The van der Waals surface area contributed by atoms with Crippen molar-refractivity contribution in [2.45, 2.75) is 19.3 Å². The van der Waals surface area contributed by atoms with Gasteiger partial charge in [0.05, 0.1) is 0 Å². The van der Waals surface area contributed by atoms with Gasteiger partial charge in [0, 0.05) is 25.1 Å². The number of hydrogen-bond acceptors (Lipinski definition) is 2. The molecule has 3 N–H and O–H groups in total. The van der Waals surface area contributed by atoms with Gasteiger partial charge in [-0.1, -0.05) is 12.1 Å². The fourth-order valence-corrected chi connectivity index (χ4v) is 1.48. The lowest BCUT2D eigenvalue weighted by Crippen LogP contribution is -2.29. The van der Waals surface area contributed by atoms with Crippen molar-refractivity contribution < 1.29 is 14.7 Å². The highest BCUT2D eigenvalue weighted by atomic mass is 16.4. The maximum atomic E-state index is 11.5. The minimum absolute atomic E-state index is 0.0673. The number of anilines is 1. The quantitative estimate of drug-likeness (QED) is 0.539. The number of carboxylic acid groups (broad SMARTS) is 1. The SMILES string of the molecule is C#CCCNC(=O)Nc1cccc(CCC(=O)O)c1. The molecule has 2 amide bonds. The van der Waals surface area contributed by atoms with E-state index in [4.69, 9.17) is 11.5 Å². The molecular formula is C14H16N2O3. The number of rotatable bonds is 6. The second kappa shape index (κ2) is 7.77. The number of hydrogen-bond donors (Lipinski definition) is 3. The van der Waals surface area contributed by atoms with E-state index in [2.05, 4.69) is 16.6 Å². The Morgan fingerprint density at radius 3 is 2.84 bits per heavy atom. The van der Waals surface area contributed by atoms with Crippen molar-refractivity contribution in [2.75, 3.05) is 11.9 Å². The number of terminal acetylenes is 1. The summed E-state index contributed by atoms with van der Waals surface area (Å²) in [5, 5.41) is 13.9. The highest BCUT2D eigenvalue weighted by Crippen LogP contribution is 2.12. The molecule has 0 aliphatic heterocycles. The van der Waals surface area contributed by atoms with Gasteiger partial charge in [0.2, 0.25) is 0 Å². The van der Waals surface area contributed by atoms with Gasteiger partial charge in [-0.3, -0.25) is 4.79 Å². The predicted octanol–water partition coefficient (Wildman–Crippen LogP) is 1.85. The monoisotopic (exact) mass is 260 g/mol. The van der Waals surface area contributed by atoms with Crippen LogP contribution >= 0.6 is 0 Å². The lowest BCUT2D eigenvalue weighted by Gasteiger charge is -2.07. The van der Waals surface area contributed by atoms with Crippen LogP contribution in [0.25, 0.3) is 0 Å². The molecule has 0 spiro atoms. The first kappa shape index (κ1) is 14.6. The topological polar surface area (TPSA) is 78.4 Å². The second-order valence-electron chi connectivity index (χ2n) is 3.93. The third kappa shape index (κ3) is 6.13. The summed E-state index contributed by atoms with van der Waals surface area (Å²) in [7, 11) is 0. The number of benzene rings is 1. The highest BCUT2D eigenvalue weighted by Gasteiger charge is 2.03. The van der Waals surface area contributed by atoms with E-state index in [0.29, 0.717) is 25.1 Å². The lowest BCUT2D eigenvalue weighted by molar-refractivity contribution is -0.136. The van der Waals surface area contributed by atoms with E-state index in [1.807, 2.05) is 6.07 Å². The number of carbonyl (C=O) groups excluding carboxylic acids is 1. The zero-order valence-electron chi connectivity index (χ0n) is 10.5. The van der Waals surface area contributed by atoms with Crippen molar-refractivity contribution in [1.29, 1.82) is 0 Å². The summed E-state index contributed by atoms with van der Waals surface area (Å²) < 4.78 is 0. The van der Waals surface area contributed by atoms with E-state index in [0.717, 1.165) is 5.56 Å².